The van der Waals surface area contributed by atoms with Gasteiger partial charge in [-0.15, -0.1) is 0 Å². The molecule has 0 aromatic heterocycles. The van der Waals surface area contributed by atoms with Crippen LogP contribution in [0, 0.1) is 0 Å². The lowest BCUT2D eigenvalue weighted by atomic mass is 10.1. The van der Waals surface area contributed by atoms with Crippen LogP contribution in [0.3, 0.4) is 0 Å². The highest BCUT2D eigenvalue weighted by Gasteiger charge is 2.23. The van der Waals surface area contributed by atoms with Crippen LogP contribution in [0.4, 0.5) is 0 Å². The Bertz CT molecular complexity index is 771. The van der Waals surface area contributed by atoms with Crippen LogP contribution in [0.1, 0.15) is 24.0 Å². The van der Waals surface area contributed by atoms with Gasteiger partial charge in [-0.2, -0.15) is 0 Å². The summed E-state index contributed by atoms with van der Waals surface area (Å²) in [5, 5.41) is 6.04. The Kier molecular flexibility index (Phi) is 7.29. The molecule has 0 heterocycles. The fourth-order valence-electron chi connectivity index (χ4n) is 2.74. The highest BCUT2D eigenvalue weighted by molar-refractivity contribution is 5.78. The van der Waals surface area contributed by atoms with Crippen molar-refractivity contribution in [3.8, 4) is 5.75 Å². The number of ether oxygens (including phenoxy) is 1. The third-order valence-electron chi connectivity index (χ3n) is 4.48. The van der Waals surface area contributed by atoms with Gasteiger partial charge >= 0.3 is 0 Å². The molecule has 0 bridgehead atoms. The van der Waals surface area contributed by atoms with Crippen LogP contribution in [0.25, 0.3) is 0 Å². The fourth-order valence-corrected chi connectivity index (χ4v) is 2.74. The minimum Gasteiger partial charge on any atom is -0.484 e. The summed E-state index contributed by atoms with van der Waals surface area (Å²) in [6, 6.07) is 18.4. The van der Waals surface area contributed by atoms with Crippen molar-refractivity contribution in [2.24, 2.45) is 10.7 Å². The summed E-state index contributed by atoms with van der Waals surface area (Å²) in [6.07, 6.45) is 3.87. The molecule has 4 N–H and O–H groups in total. The zero-order valence-electron chi connectivity index (χ0n) is 16.1. The zero-order valence-corrected chi connectivity index (χ0v) is 16.1. The predicted octanol–water partition coefficient (Wildman–Crippen LogP) is 2.03. The van der Waals surface area contributed by atoms with Gasteiger partial charge in [-0.25, -0.2) is 0 Å². The van der Waals surface area contributed by atoms with Gasteiger partial charge in [0.15, 0.2) is 12.6 Å². The third-order valence-corrected chi connectivity index (χ3v) is 4.48. The molecule has 0 spiro atoms. The van der Waals surface area contributed by atoms with E-state index in [0.717, 1.165) is 37.8 Å². The summed E-state index contributed by atoms with van der Waals surface area (Å²) in [7, 11) is 0. The molecular formula is C22H28N4O2. The van der Waals surface area contributed by atoms with Gasteiger partial charge in [0.05, 0.1) is 0 Å². The van der Waals surface area contributed by atoms with Gasteiger partial charge < -0.3 is 21.1 Å². The number of carbonyl (C=O) groups is 1. The van der Waals surface area contributed by atoms with E-state index in [9.17, 15) is 4.79 Å². The first-order valence-corrected chi connectivity index (χ1v) is 9.78. The first kappa shape index (κ1) is 19.7. The first-order valence-electron chi connectivity index (χ1n) is 9.78. The number of amides is 1. The van der Waals surface area contributed by atoms with Crippen LogP contribution < -0.4 is 21.1 Å². The number of carbonyl (C=O) groups excluding carboxylic acids is 1. The lowest BCUT2D eigenvalue weighted by molar-refractivity contribution is -0.123. The van der Waals surface area contributed by atoms with Gasteiger partial charge in [0.1, 0.15) is 5.75 Å². The van der Waals surface area contributed by atoms with E-state index in [0.29, 0.717) is 24.3 Å². The smallest absolute Gasteiger partial charge is 0.258 e. The molecule has 2 aromatic carbocycles. The number of aliphatic imine (C=N–C) groups is 1. The number of guanidine groups is 1. The van der Waals surface area contributed by atoms with E-state index in [4.69, 9.17) is 10.5 Å². The van der Waals surface area contributed by atoms with Crippen molar-refractivity contribution >= 4 is 11.9 Å². The van der Waals surface area contributed by atoms with Gasteiger partial charge in [-0.05, 0) is 48.9 Å². The van der Waals surface area contributed by atoms with E-state index in [1.165, 1.54) is 5.56 Å². The molecule has 1 fully saturated rings. The Labute approximate surface area is 166 Å². The van der Waals surface area contributed by atoms with Crippen molar-refractivity contribution in [2.45, 2.75) is 31.7 Å². The number of hydrogen-bond donors (Lipinski definition) is 3. The standard InChI is InChI=1S/C22H28N4O2/c23-22(24-14-12-17-4-2-1-3-5-17)25-15-13-18-6-10-20(11-7-18)28-16-21(27)26-19-8-9-19/h1-7,10-11,19H,8-9,12-16H2,(H,26,27)(H3,23,24,25). The number of nitrogens with two attached hydrogens (primary N) is 1. The Balaban J connectivity index is 1.32. The Hall–Kier alpha value is -3.02. The minimum atomic E-state index is -0.0591. The highest BCUT2D eigenvalue weighted by Crippen LogP contribution is 2.18. The van der Waals surface area contributed by atoms with Crippen LogP contribution in [0.2, 0.25) is 0 Å². The summed E-state index contributed by atoms with van der Waals surface area (Å²) < 4.78 is 5.51. The molecule has 3 rings (SSSR count). The second kappa shape index (κ2) is 10.3. The van der Waals surface area contributed by atoms with Gasteiger partial charge in [-0.1, -0.05) is 42.5 Å². The molecule has 0 aliphatic heterocycles. The normalized spacial score (nSPS) is 13.8. The van der Waals surface area contributed by atoms with E-state index in [2.05, 4.69) is 27.8 Å². The van der Waals surface area contributed by atoms with Crippen LogP contribution >= 0.6 is 0 Å². The Morgan fingerprint density at radius 1 is 1.04 bits per heavy atom. The molecular weight excluding hydrogens is 352 g/mol. The number of hydrogen-bond acceptors (Lipinski definition) is 3. The third kappa shape index (κ3) is 7.31. The van der Waals surface area contributed by atoms with Crippen molar-refractivity contribution in [3.63, 3.8) is 0 Å². The number of nitrogens with zero attached hydrogens (tertiary/aromatic N) is 1. The maximum atomic E-state index is 11.6. The maximum absolute atomic E-state index is 11.6. The van der Waals surface area contributed by atoms with Gasteiger partial charge in [-0.3, -0.25) is 9.79 Å². The van der Waals surface area contributed by atoms with Gasteiger partial charge in [0.25, 0.3) is 5.91 Å². The van der Waals surface area contributed by atoms with Crippen LogP contribution in [-0.4, -0.2) is 37.6 Å². The van der Waals surface area contributed by atoms with Crippen molar-refractivity contribution < 1.29 is 9.53 Å². The molecule has 1 saturated carbocycles. The zero-order chi connectivity index (χ0) is 19.6. The molecule has 1 aliphatic carbocycles. The fraction of sp³-hybridized carbons (Fsp3) is 0.364. The summed E-state index contributed by atoms with van der Waals surface area (Å²) in [6.45, 7) is 1.44. The number of nitrogens with one attached hydrogen (secondary N) is 2. The minimum absolute atomic E-state index is 0.0591. The summed E-state index contributed by atoms with van der Waals surface area (Å²) in [4.78, 5) is 16.0. The second-order valence-electron chi connectivity index (χ2n) is 6.95. The summed E-state index contributed by atoms with van der Waals surface area (Å²) in [5.41, 5.74) is 8.34. The SMILES string of the molecule is NC(=NCCc1ccc(OCC(=O)NC2CC2)cc1)NCCc1ccccc1. The molecule has 2 aromatic rings. The van der Waals surface area contributed by atoms with Crippen molar-refractivity contribution in [2.75, 3.05) is 19.7 Å². The highest BCUT2D eigenvalue weighted by atomic mass is 16.5. The number of benzene rings is 2. The quantitative estimate of drug-likeness (QED) is 0.435. The summed E-state index contributed by atoms with van der Waals surface area (Å²) in [5.74, 6) is 1.11. The molecule has 6 nitrogen and oxygen atoms in total. The van der Waals surface area contributed by atoms with Crippen LogP contribution in [0.5, 0.6) is 5.75 Å². The lowest BCUT2D eigenvalue weighted by Gasteiger charge is -2.08. The summed E-state index contributed by atoms with van der Waals surface area (Å²) >= 11 is 0. The largest absolute Gasteiger partial charge is 0.484 e. The molecule has 1 aliphatic rings. The molecule has 0 saturated heterocycles. The van der Waals surface area contributed by atoms with Gasteiger partial charge in [0.2, 0.25) is 0 Å². The lowest BCUT2D eigenvalue weighted by Crippen LogP contribution is -2.33. The van der Waals surface area contributed by atoms with Crippen LogP contribution in [-0.2, 0) is 17.6 Å². The molecule has 148 valence electrons. The average molecular weight is 380 g/mol. The topological polar surface area (TPSA) is 88.7 Å². The van der Waals surface area contributed by atoms with Crippen molar-refractivity contribution in [1.29, 1.82) is 0 Å². The van der Waals surface area contributed by atoms with Crippen molar-refractivity contribution in [1.82, 2.24) is 10.6 Å². The molecule has 0 atom stereocenters. The van der Waals surface area contributed by atoms with E-state index >= 15 is 0 Å². The van der Waals surface area contributed by atoms with E-state index in [-0.39, 0.29) is 12.5 Å². The average Bonchev–Trinajstić information content (AvgIpc) is 3.52. The maximum Gasteiger partial charge on any atom is 0.258 e. The predicted molar refractivity (Wildman–Crippen MR) is 111 cm³/mol. The monoisotopic (exact) mass is 380 g/mol. The number of rotatable bonds is 10. The molecule has 28 heavy (non-hydrogen) atoms. The van der Waals surface area contributed by atoms with E-state index < -0.39 is 0 Å². The van der Waals surface area contributed by atoms with E-state index in [1.807, 2.05) is 42.5 Å². The van der Waals surface area contributed by atoms with Crippen molar-refractivity contribution in [3.05, 3.63) is 65.7 Å². The molecule has 0 radical (unpaired) electrons. The Morgan fingerprint density at radius 3 is 2.46 bits per heavy atom. The molecule has 1 amide bonds. The van der Waals surface area contributed by atoms with Crippen LogP contribution in [0.15, 0.2) is 59.6 Å². The molecule has 0 unspecified atom stereocenters. The van der Waals surface area contributed by atoms with E-state index in [1.54, 1.807) is 0 Å². The molecule has 6 heteroatoms. The first-order chi connectivity index (χ1) is 13.7. The Morgan fingerprint density at radius 2 is 1.75 bits per heavy atom. The second-order valence-corrected chi connectivity index (χ2v) is 6.95. The van der Waals surface area contributed by atoms with Gasteiger partial charge in [0, 0.05) is 19.1 Å².